The molecule has 180 valence electrons. The molecule has 34 heavy (non-hydrogen) atoms. The van der Waals surface area contributed by atoms with E-state index in [-0.39, 0.29) is 45.0 Å². The number of carboxylic acids is 1. The highest BCUT2D eigenvalue weighted by atomic mass is 16.5. The molecule has 1 aliphatic heterocycles. The highest BCUT2D eigenvalue weighted by Gasteiger charge is 2.43. The average molecular weight is 469 g/mol. The lowest BCUT2D eigenvalue weighted by Gasteiger charge is -2.36. The van der Waals surface area contributed by atoms with E-state index in [2.05, 4.69) is 10.6 Å². The van der Waals surface area contributed by atoms with Gasteiger partial charge in [0.25, 0.3) is 0 Å². The summed E-state index contributed by atoms with van der Waals surface area (Å²) >= 11 is 0. The molecule has 9 nitrogen and oxygen atoms in total. The van der Waals surface area contributed by atoms with Crippen LogP contribution in [0.25, 0.3) is 11.1 Å². The van der Waals surface area contributed by atoms with Crippen LogP contribution in [0.1, 0.15) is 36.3 Å². The summed E-state index contributed by atoms with van der Waals surface area (Å²) in [5, 5.41) is 23.5. The van der Waals surface area contributed by atoms with Gasteiger partial charge < -0.3 is 30.3 Å². The van der Waals surface area contributed by atoms with Crippen LogP contribution in [-0.2, 0) is 19.1 Å². The van der Waals surface area contributed by atoms with Crippen molar-refractivity contribution in [3.63, 3.8) is 0 Å². The maximum Gasteiger partial charge on any atom is 0.408 e. The van der Waals surface area contributed by atoms with Crippen molar-refractivity contribution in [2.75, 3.05) is 26.4 Å². The van der Waals surface area contributed by atoms with Crippen LogP contribution in [0, 0.1) is 0 Å². The van der Waals surface area contributed by atoms with Gasteiger partial charge in [0.15, 0.2) is 0 Å². The second-order valence-corrected chi connectivity index (χ2v) is 8.52. The maximum atomic E-state index is 13.1. The van der Waals surface area contributed by atoms with E-state index in [1.54, 1.807) is 0 Å². The molecular weight excluding hydrogens is 440 g/mol. The Bertz CT molecular complexity index is 1020. The molecular formula is C25H28N2O7. The van der Waals surface area contributed by atoms with E-state index in [0.717, 1.165) is 22.3 Å². The normalized spacial score (nSPS) is 17.2. The molecule has 1 aliphatic carbocycles. The number of benzene rings is 2. The molecule has 2 amide bonds. The SMILES string of the molecule is O=C(NC1(C(=O)N[C@H](CCO)C(=O)O)CCOCC1)OCC1c2ccccc2-c2ccccc21. The van der Waals surface area contributed by atoms with Gasteiger partial charge >= 0.3 is 12.1 Å². The molecule has 9 heteroatoms. The van der Waals surface area contributed by atoms with Gasteiger partial charge in [-0.1, -0.05) is 48.5 Å². The molecule has 1 fully saturated rings. The van der Waals surface area contributed by atoms with Crippen LogP contribution < -0.4 is 10.6 Å². The third-order valence-corrected chi connectivity index (χ3v) is 6.49. The predicted molar refractivity (Wildman–Crippen MR) is 122 cm³/mol. The van der Waals surface area contributed by atoms with E-state index in [9.17, 15) is 19.5 Å². The highest BCUT2D eigenvalue weighted by molar-refractivity contribution is 5.93. The summed E-state index contributed by atoms with van der Waals surface area (Å²) in [6.45, 7) is 0.160. The van der Waals surface area contributed by atoms with Gasteiger partial charge in [0.2, 0.25) is 5.91 Å². The number of rotatable bonds is 8. The van der Waals surface area contributed by atoms with Crippen LogP contribution in [0.4, 0.5) is 4.79 Å². The fraction of sp³-hybridized carbons (Fsp3) is 0.400. The third kappa shape index (κ3) is 4.76. The first-order valence-corrected chi connectivity index (χ1v) is 11.3. The number of aliphatic hydroxyl groups excluding tert-OH is 1. The van der Waals surface area contributed by atoms with Crippen LogP contribution in [-0.4, -0.2) is 66.2 Å². The predicted octanol–water partition coefficient (Wildman–Crippen LogP) is 2.03. The standard InChI is InChI=1S/C25H28N2O7/c28-12-9-21(22(29)30)26-23(31)25(10-13-33-14-11-25)27-24(32)34-15-20-18-7-3-1-5-16(18)17-6-2-4-8-19(17)20/h1-8,20-21,28H,9-15H2,(H,26,31)(H,27,32)(H,29,30)/t21-/m1/s1. The Morgan fingerprint density at radius 2 is 1.62 bits per heavy atom. The first-order valence-electron chi connectivity index (χ1n) is 11.3. The average Bonchev–Trinajstić information content (AvgIpc) is 3.16. The fourth-order valence-corrected chi connectivity index (χ4v) is 4.64. The van der Waals surface area contributed by atoms with Gasteiger partial charge in [-0.15, -0.1) is 0 Å². The number of alkyl carbamates (subject to hydrolysis) is 1. The molecule has 0 radical (unpaired) electrons. The van der Waals surface area contributed by atoms with Gasteiger partial charge in [-0.3, -0.25) is 4.79 Å². The zero-order valence-corrected chi connectivity index (χ0v) is 18.7. The maximum absolute atomic E-state index is 13.1. The molecule has 1 atom stereocenters. The number of aliphatic carboxylic acids is 1. The lowest BCUT2D eigenvalue weighted by molar-refractivity contribution is -0.144. The van der Waals surface area contributed by atoms with E-state index in [4.69, 9.17) is 14.6 Å². The van der Waals surface area contributed by atoms with Crippen molar-refractivity contribution in [1.29, 1.82) is 0 Å². The van der Waals surface area contributed by atoms with Crippen LogP contribution in [0.15, 0.2) is 48.5 Å². The number of aliphatic hydroxyl groups is 1. The minimum absolute atomic E-state index is 0.0936. The molecule has 2 aromatic carbocycles. The van der Waals surface area contributed by atoms with Crippen molar-refractivity contribution in [2.45, 2.75) is 36.8 Å². The van der Waals surface area contributed by atoms with Crippen molar-refractivity contribution in [3.8, 4) is 11.1 Å². The molecule has 2 aliphatic rings. The smallest absolute Gasteiger partial charge is 0.408 e. The van der Waals surface area contributed by atoms with Crippen LogP contribution in [0.3, 0.4) is 0 Å². The van der Waals surface area contributed by atoms with Crippen molar-refractivity contribution in [1.82, 2.24) is 10.6 Å². The van der Waals surface area contributed by atoms with E-state index >= 15 is 0 Å². The number of carbonyl (C=O) groups is 3. The van der Waals surface area contributed by atoms with Crippen molar-refractivity contribution in [3.05, 3.63) is 59.7 Å². The topological polar surface area (TPSA) is 134 Å². The molecule has 0 aromatic heterocycles. The summed E-state index contributed by atoms with van der Waals surface area (Å²) < 4.78 is 10.9. The molecule has 0 saturated carbocycles. The molecule has 4 N–H and O–H groups in total. The monoisotopic (exact) mass is 468 g/mol. The zero-order chi connectivity index (χ0) is 24.1. The van der Waals surface area contributed by atoms with Crippen LogP contribution >= 0.6 is 0 Å². The Kier molecular flexibility index (Phi) is 7.14. The summed E-state index contributed by atoms with van der Waals surface area (Å²) in [7, 11) is 0. The molecule has 1 saturated heterocycles. The summed E-state index contributed by atoms with van der Waals surface area (Å²) in [6, 6.07) is 14.7. The Balaban J connectivity index is 1.46. The van der Waals surface area contributed by atoms with Crippen molar-refractivity contribution < 1.29 is 34.1 Å². The summed E-state index contributed by atoms with van der Waals surface area (Å²) in [5.41, 5.74) is 3.00. The van der Waals surface area contributed by atoms with Crippen LogP contribution in [0.2, 0.25) is 0 Å². The van der Waals surface area contributed by atoms with Gasteiger partial charge in [-0.2, -0.15) is 0 Å². The summed E-state index contributed by atoms with van der Waals surface area (Å²) in [5.74, 6) is -2.02. The first-order chi connectivity index (χ1) is 16.4. The molecule has 0 spiro atoms. The number of ether oxygens (including phenoxy) is 2. The number of carboxylic acid groups (broad SMARTS) is 1. The largest absolute Gasteiger partial charge is 0.480 e. The molecule has 2 aromatic rings. The number of amides is 2. The minimum Gasteiger partial charge on any atom is -0.480 e. The lowest BCUT2D eigenvalue weighted by Crippen LogP contribution is -2.63. The van der Waals surface area contributed by atoms with Gasteiger partial charge in [0, 0.05) is 45.0 Å². The molecule has 4 rings (SSSR count). The van der Waals surface area contributed by atoms with Crippen molar-refractivity contribution in [2.24, 2.45) is 0 Å². The number of hydrogen-bond donors (Lipinski definition) is 4. The summed E-state index contributed by atoms with van der Waals surface area (Å²) in [6.07, 6.45) is -0.547. The summed E-state index contributed by atoms with van der Waals surface area (Å²) in [4.78, 5) is 37.3. The zero-order valence-electron chi connectivity index (χ0n) is 18.7. The Morgan fingerprint density at radius 3 is 2.18 bits per heavy atom. The first kappa shape index (κ1) is 23.7. The number of fused-ring (bicyclic) bond motifs is 3. The van der Waals surface area contributed by atoms with E-state index in [0.29, 0.717) is 0 Å². The molecule has 0 unspecified atom stereocenters. The highest BCUT2D eigenvalue weighted by Crippen LogP contribution is 2.44. The van der Waals surface area contributed by atoms with E-state index < -0.39 is 36.2 Å². The Morgan fingerprint density at radius 1 is 1.03 bits per heavy atom. The fourth-order valence-electron chi connectivity index (χ4n) is 4.64. The van der Waals surface area contributed by atoms with Crippen molar-refractivity contribution >= 4 is 18.0 Å². The third-order valence-electron chi connectivity index (χ3n) is 6.49. The lowest BCUT2D eigenvalue weighted by atomic mass is 9.88. The van der Waals surface area contributed by atoms with Gasteiger partial charge in [0.05, 0.1) is 0 Å². The Labute approximate surface area is 197 Å². The molecule has 0 bridgehead atoms. The number of carbonyl (C=O) groups excluding carboxylic acids is 2. The van der Waals surface area contributed by atoms with E-state index in [1.165, 1.54) is 0 Å². The molecule has 1 heterocycles. The quantitative estimate of drug-likeness (QED) is 0.466. The van der Waals surface area contributed by atoms with E-state index in [1.807, 2.05) is 48.5 Å². The van der Waals surface area contributed by atoms with Gasteiger partial charge in [0.1, 0.15) is 18.2 Å². The minimum atomic E-state index is -1.36. The van der Waals surface area contributed by atoms with Gasteiger partial charge in [-0.05, 0) is 22.3 Å². The Hall–Kier alpha value is -3.43. The van der Waals surface area contributed by atoms with Crippen LogP contribution in [0.5, 0.6) is 0 Å². The second kappa shape index (κ2) is 10.2. The number of nitrogens with one attached hydrogen (secondary N) is 2. The second-order valence-electron chi connectivity index (χ2n) is 8.52. The van der Waals surface area contributed by atoms with Gasteiger partial charge in [-0.25, -0.2) is 9.59 Å². The number of hydrogen-bond acceptors (Lipinski definition) is 6.